The van der Waals surface area contributed by atoms with Gasteiger partial charge in [-0.25, -0.2) is 0 Å². The van der Waals surface area contributed by atoms with Crippen LogP contribution in [0.1, 0.15) is 15.9 Å². The van der Waals surface area contributed by atoms with E-state index in [4.69, 9.17) is 22.7 Å². The van der Waals surface area contributed by atoms with E-state index >= 15 is 0 Å². The maximum absolute atomic E-state index is 12.2. The number of rotatable bonds is 3. The zero-order valence-corrected chi connectivity index (χ0v) is 13.2. The van der Waals surface area contributed by atoms with E-state index in [1.165, 1.54) is 7.11 Å². The highest BCUT2D eigenvalue weighted by Crippen LogP contribution is 2.26. The van der Waals surface area contributed by atoms with E-state index in [1.807, 2.05) is 19.1 Å². The van der Waals surface area contributed by atoms with Crippen LogP contribution in [0.5, 0.6) is 5.75 Å². The van der Waals surface area contributed by atoms with Crippen molar-refractivity contribution in [3.05, 3.63) is 53.6 Å². The number of benzene rings is 2. The molecule has 2 rings (SSSR count). The number of nitrogens with two attached hydrogens (primary N) is 1. The molecular weight excluding hydrogens is 298 g/mol. The highest BCUT2D eigenvalue weighted by Gasteiger charge is 2.11. The van der Waals surface area contributed by atoms with Crippen molar-refractivity contribution < 1.29 is 9.53 Å². The number of amides is 1. The first-order valence-corrected chi connectivity index (χ1v) is 7.03. The van der Waals surface area contributed by atoms with Crippen LogP contribution in [-0.2, 0) is 0 Å². The smallest absolute Gasteiger partial charge is 0.257 e. The average molecular weight is 315 g/mol. The summed E-state index contributed by atoms with van der Waals surface area (Å²) in [5.74, 6) is 0.289. The van der Waals surface area contributed by atoms with Gasteiger partial charge in [0, 0.05) is 17.3 Å². The summed E-state index contributed by atoms with van der Waals surface area (Å²) in [5.41, 5.74) is 8.37. The number of hydrogen-bond acceptors (Lipinski definition) is 4. The second-order valence-corrected chi connectivity index (χ2v) is 5.09. The Balaban J connectivity index is 2.08. The van der Waals surface area contributed by atoms with Crippen molar-refractivity contribution in [2.24, 2.45) is 0 Å². The summed E-state index contributed by atoms with van der Waals surface area (Å²) in [7, 11) is 1.54. The monoisotopic (exact) mass is 315 g/mol. The fraction of sp³-hybridized carbons (Fsp3) is 0.125. The molecule has 0 aliphatic heterocycles. The predicted octanol–water partition coefficient (Wildman–Crippen LogP) is 2.71. The molecule has 0 aromatic heterocycles. The van der Waals surface area contributed by atoms with E-state index in [0.29, 0.717) is 22.7 Å². The van der Waals surface area contributed by atoms with Gasteiger partial charge < -0.3 is 15.8 Å². The number of carbonyl (C=O) groups is 1. The zero-order valence-electron chi connectivity index (χ0n) is 12.3. The van der Waals surface area contributed by atoms with Gasteiger partial charge in [0.05, 0.1) is 12.8 Å². The van der Waals surface area contributed by atoms with Gasteiger partial charge in [-0.3, -0.25) is 10.1 Å². The van der Waals surface area contributed by atoms with Crippen LogP contribution in [0, 0.1) is 6.92 Å². The summed E-state index contributed by atoms with van der Waals surface area (Å²) in [6.07, 6.45) is 0. The lowest BCUT2D eigenvalue weighted by molar-refractivity contribution is 0.0977. The normalized spacial score (nSPS) is 9.91. The van der Waals surface area contributed by atoms with E-state index in [2.05, 4.69) is 10.6 Å². The minimum atomic E-state index is -0.259. The molecule has 0 saturated carbocycles. The second kappa shape index (κ2) is 6.91. The molecule has 2 aromatic carbocycles. The van der Waals surface area contributed by atoms with Gasteiger partial charge in [0.1, 0.15) is 5.75 Å². The van der Waals surface area contributed by atoms with E-state index in [9.17, 15) is 4.79 Å². The number of thiocarbonyl (C=S) groups is 1. The lowest BCUT2D eigenvalue weighted by Gasteiger charge is -2.13. The number of methoxy groups -OCH3 is 1. The Kier molecular flexibility index (Phi) is 4.95. The molecule has 0 spiro atoms. The molecular formula is C16H17N3O2S. The molecule has 0 heterocycles. The fourth-order valence-electron chi connectivity index (χ4n) is 1.96. The molecule has 4 N–H and O–H groups in total. The number of aryl methyl sites for hydroxylation is 1. The summed E-state index contributed by atoms with van der Waals surface area (Å²) in [6.45, 7) is 1.87. The molecule has 0 radical (unpaired) electrons. The SMILES string of the molecule is COc1cc(N)ccc1NC(=S)NC(=O)c1ccccc1C. The van der Waals surface area contributed by atoms with E-state index in [0.717, 1.165) is 5.56 Å². The maximum Gasteiger partial charge on any atom is 0.257 e. The number of hydrogen-bond donors (Lipinski definition) is 3. The molecule has 6 heteroatoms. The second-order valence-electron chi connectivity index (χ2n) is 4.68. The highest BCUT2D eigenvalue weighted by atomic mass is 32.1. The molecule has 22 heavy (non-hydrogen) atoms. The summed E-state index contributed by atoms with van der Waals surface area (Å²) in [5, 5.41) is 5.76. The summed E-state index contributed by atoms with van der Waals surface area (Å²) >= 11 is 5.17. The number of ether oxygens (including phenoxy) is 1. The van der Waals surface area contributed by atoms with Crippen LogP contribution >= 0.6 is 12.2 Å². The third-order valence-electron chi connectivity index (χ3n) is 3.09. The third-order valence-corrected chi connectivity index (χ3v) is 3.29. The average Bonchev–Trinajstić information content (AvgIpc) is 2.49. The van der Waals surface area contributed by atoms with E-state index < -0.39 is 0 Å². The molecule has 0 atom stereocenters. The van der Waals surface area contributed by atoms with Crippen LogP contribution in [0.25, 0.3) is 0 Å². The number of carbonyl (C=O) groups excluding carboxylic acids is 1. The Morgan fingerprint density at radius 2 is 1.95 bits per heavy atom. The van der Waals surface area contributed by atoms with Gasteiger partial charge in [-0.15, -0.1) is 0 Å². The van der Waals surface area contributed by atoms with Crippen LogP contribution in [0.3, 0.4) is 0 Å². The van der Waals surface area contributed by atoms with Crippen molar-refractivity contribution in [1.82, 2.24) is 5.32 Å². The first-order valence-electron chi connectivity index (χ1n) is 6.62. The molecule has 1 amide bonds. The standard InChI is InChI=1S/C16H17N3O2S/c1-10-5-3-4-6-12(10)15(20)19-16(22)18-13-8-7-11(17)9-14(13)21-2/h3-9H,17H2,1-2H3,(H2,18,19,20,22). The Labute approximate surface area is 134 Å². The lowest BCUT2D eigenvalue weighted by Crippen LogP contribution is -2.34. The van der Waals surface area contributed by atoms with Gasteiger partial charge in [-0.2, -0.15) is 0 Å². The van der Waals surface area contributed by atoms with E-state index in [-0.39, 0.29) is 11.0 Å². The molecule has 0 saturated heterocycles. The van der Waals surface area contributed by atoms with Gasteiger partial charge in [-0.05, 0) is 42.9 Å². The van der Waals surface area contributed by atoms with Gasteiger partial charge in [0.25, 0.3) is 5.91 Å². The van der Waals surface area contributed by atoms with Crippen LogP contribution in [0.2, 0.25) is 0 Å². The summed E-state index contributed by atoms with van der Waals surface area (Å²) < 4.78 is 5.22. The molecule has 0 aliphatic carbocycles. The fourth-order valence-corrected chi connectivity index (χ4v) is 2.17. The van der Waals surface area contributed by atoms with Crippen molar-refractivity contribution >= 4 is 34.6 Å². The first-order chi connectivity index (χ1) is 10.5. The number of nitrogens with one attached hydrogen (secondary N) is 2. The molecule has 5 nitrogen and oxygen atoms in total. The van der Waals surface area contributed by atoms with Gasteiger partial charge in [0.15, 0.2) is 5.11 Å². The molecule has 114 valence electrons. The van der Waals surface area contributed by atoms with Crippen molar-refractivity contribution in [1.29, 1.82) is 0 Å². The number of nitrogen functional groups attached to an aromatic ring is 1. The van der Waals surface area contributed by atoms with Crippen LogP contribution in [0.15, 0.2) is 42.5 Å². The largest absolute Gasteiger partial charge is 0.494 e. The first kappa shape index (κ1) is 15.8. The van der Waals surface area contributed by atoms with Crippen LogP contribution in [-0.4, -0.2) is 18.1 Å². The minimum absolute atomic E-state index is 0.191. The van der Waals surface area contributed by atoms with Gasteiger partial charge in [0.2, 0.25) is 0 Å². The molecule has 0 fully saturated rings. The highest BCUT2D eigenvalue weighted by molar-refractivity contribution is 7.80. The van der Waals surface area contributed by atoms with Crippen LogP contribution < -0.4 is 21.1 Å². The Morgan fingerprint density at radius 1 is 1.23 bits per heavy atom. The van der Waals surface area contributed by atoms with Crippen molar-refractivity contribution in [3.63, 3.8) is 0 Å². The molecule has 0 bridgehead atoms. The maximum atomic E-state index is 12.2. The van der Waals surface area contributed by atoms with Crippen molar-refractivity contribution in [2.75, 3.05) is 18.2 Å². The Hall–Kier alpha value is -2.60. The van der Waals surface area contributed by atoms with E-state index in [1.54, 1.807) is 30.3 Å². The molecule has 2 aromatic rings. The molecule has 0 unspecified atom stereocenters. The predicted molar refractivity (Wildman–Crippen MR) is 92.3 cm³/mol. The number of anilines is 2. The van der Waals surface area contributed by atoms with Gasteiger partial charge in [-0.1, -0.05) is 18.2 Å². The van der Waals surface area contributed by atoms with Crippen molar-refractivity contribution in [2.45, 2.75) is 6.92 Å². The third kappa shape index (κ3) is 3.73. The Bertz CT molecular complexity index is 716. The topological polar surface area (TPSA) is 76.4 Å². The summed E-state index contributed by atoms with van der Waals surface area (Å²) in [4.78, 5) is 12.2. The minimum Gasteiger partial charge on any atom is -0.494 e. The summed E-state index contributed by atoms with van der Waals surface area (Å²) in [6, 6.07) is 12.4. The lowest BCUT2D eigenvalue weighted by atomic mass is 10.1. The Morgan fingerprint density at radius 3 is 2.64 bits per heavy atom. The van der Waals surface area contributed by atoms with Crippen LogP contribution in [0.4, 0.5) is 11.4 Å². The quantitative estimate of drug-likeness (QED) is 0.600. The van der Waals surface area contributed by atoms with Gasteiger partial charge >= 0.3 is 0 Å². The zero-order chi connectivity index (χ0) is 16.1. The van der Waals surface area contributed by atoms with Crippen molar-refractivity contribution in [3.8, 4) is 5.75 Å². The molecule has 0 aliphatic rings.